The van der Waals surface area contributed by atoms with Crippen molar-refractivity contribution in [1.29, 1.82) is 0 Å². The highest BCUT2D eigenvalue weighted by Gasteiger charge is 2.15. The summed E-state index contributed by atoms with van der Waals surface area (Å²) >= 11 is 0. The Balaban J connectivity index is 3.00. The zero-order valence-corrected chi connectivity index (χ0v) is 7.72. The van der Waals surface area contributed by atoms with Gasteiger partial charge in [0.2, 0.25) is 0 Å². The molecule has 0 bridgehead atoms. The molecule has 1 unspecified atom stereocenters. The Morgan fingerprint density at radius 2 is 2.67 bits per heavy atom. The fraction of sp³-hybridized carbons (Fsp3) is 0.875. The number of hydrogen-bond acceptors (Lipinski definition) is 3. The van der Waals surface area contributed by atoms with E-state index in [1.54, 1.807) is 0 Å². The third-order valence-corrected chi connectivity index (χ3v) is 2.70. The molecule has 12 heavy (non-hydrogen) atoms. The summed E-state index contributed by atoms with van der Waals surface area (Å²) in [4.78, 5) is 10.7. The minimum atomic E-state index is -2.82. The predicted octanol–water partition coefficient (Wildman–Crippen LogP) is 2.79. The van der Waals surface area contributed by atoms with E-state index in [9.17, 15) is 4.79 Å². The molecule has 1 atom stereocenters. The van der Waals surface area contributed by atoms with Crippen LogP contribution in [0.15, 0.2) is 0 Å². The lowest BCUT2D eigenvalue weighted by Gasteiger charge is -2.04. The van der Waals surface area contributed by atoms with Crippen molar-refractivity contribution in [2.24, 2.45) is 0 Å². The summed E-state index contributed by atoms with van der Waals surface area (Å²) in [5.41, 5.74) is -2.47. The Labute approximate surface area is 93.5 Å². The Morgan fingerprint density at radius 3 is 3.25 bits per heavy atom. The molecule has 1 aliphatic rings. The highest BCUT2D eigenvalue weighted by molar-refractivity contribution is 8.77. The van der Waals surface area contributed by atoms with Crippen molar-refractivity contribution in [3.8, 4) is 0 Å². The van der Waals surface area contributed by atoms with E-state index in [-0.39, 0.29) is 0 Å². The SMILES string of the molecule is [2H]C([2H])(CCC([2H])([2H])C1([2H])SSC([2H])([2H])C1([2H])[2H])C(=O)O. The average molecular weight is 215 g/mol. The fourth-order valence-electron chi connectivity index (χ4n) is 0.570. The van der Waals surface area contributed by atoms with Gasteiger partial charge in [0.15, 0.2) is 0 Å². The Bertz CT molecular complexity index is 441. The second kappa shape index (κ2) is 5.75. The van der Waals surface area contributed by atoms with Crippen LogP contribution in [-0.4, -0.2) is 22.0 Å². The van der Waals surface area contributed by atoms with Gasteiger partial charge < -0.3 is 5.11 Å². The molecule has 1 aliphatic heterocycles. The normalized spacial score (nSPS) is 50.8. The summed E-state index contributed by atoms with van der Waals surface area (Å²) in [5, 5.41) is 6.15. The van der Waals surface area contributed by atoms with Crippen LogP contribution in [0.5, 0.6) is 0 Å². The minimum Gasteiger partial charge on any atom is -0.481 e. The van der Waals surface area contributed by atoms with Crippen molar-refractivity contribution in [2.45, 2.75) is 37.2 Å². The zero-order chi connectivity index (χ0) is 16.9. The topological polar surface area (TPSA) is 37.3 Å². The summed E-state index contributed by atoms with van der Waals surface area (Å²) in [6, 6.07) is 0. The first-order chi connectivity index (χ1) is 9.11. The van der Waals surface area contributed by atoms with E-state index < -0.39 is 48.9 Å². The Morgan fingerprint density at radius 1 is 1.83 bits per heavy atom. The van der Waals surface area contributed by atoms with Crippen LogP contribution >= 0.6 is 21.6 Å². The number of carboxylic acids is 1. The van der Waals surface area contributed by atoms with Crippen LogP contribution in [0, 0.1) is 0 Å². The summed E-state index contributed by atoms with van der Waals surface area (Å²) in [7, 11) is 0.830. The molecule has 2 nitrogen and oxygen atoms in total. The highest BCUT2D eigenvalue weighted by atomic mass is 33.1. The molecular formula is C8H14O2S2. The number of rotatable bonds is 5. The van der Waals surface area contributed by atoms with Crippen LogP contribution < -0.4 is 0 Å². The van der Waals surface area contributed by atoms with Crippen molar-refractivity contribution >= 4 is 27.6 Å². The first kappa shape index (κ1) is 3.39. The Hall–Kier alpha value is 0.170. The van der Waals surface area contributed by atoms with Gasteiger partial charge >= 0.3 is 5.97 Å². The first-order valence-corrected chi connectivity index (χ1v) is 5.36. The van der Waals surface area contributed by atoms with Gasteiger partial charge in [-0.2, -0.15) is 0 Å². The van der Waals surface area contributed by atoms with E-state index >= 15 is 0 Å². The second-order valence-electron chi connectivity index (χ2n) is 1.88. The smallest absolute Gasteiger partial charge is 0.303 e. The highest BCUT2D eigenvalue weighted by Crippen LogP contribution is 2.39. The maximum absolute atomic E-state index is 10.7. The van der Waals surface area contributed by atoms with E-state index in [0.29, 0.717) is 21.6 Å². The van der Waals surface area contributed by atoms with Gasteiger partial charge in [-0.25, -0.2) is 0 Å². The van der Waals surface area contributed by atoms with Crippen LogP contribution in [0.2, 0.25) is 0 Å². The van der Waals surface area contributed by atoms with Crippen molar-refractivity contribution < 1.29 is 22.2 Å². The molecule has 0 radical (unpaired) electrons. The molecule has 0 amide bonds. The van der Waals surface area contributed by atoms with Crippen LogP contribution in [0.4, 0.5) is 0 Å². The number of hydrogen-bond donors (Lipinski definition) is 1. The molecule has 4 heteroatoms. The molecule has 0 aromatic carbocycles. The lowest BCUT2D eigenvalue weighted by atomic mass is 10.1. The van der Waals surface area contributed by atoms with Gasteiger partial charge in [-0.15, -0.1) is 0 Å². The van der Waals surface area contributed by atoms with Gasteiger partial charge in [0.1, 0.15) is 0 Å². The van der Waals surface area contributed by atoms with Gasteiger partial charge in [-0.05, 0) is 19.2 Å². The fourth-order valence-corrected chi connectivity index (χ4v) is 1.96. The lowest BCUT2D eigenvalue weighted by molar-refractivity contribution is -0.137. The molecule has 1 N–H and O–H groups in total. The summed E-state index contributed by atoms with van der Waals surface area (Å²) in [6.45, 7) is 0. The predicted molar refractivity (Wildman–Crippen MR) is 54.6 cm³/mol. The van der Waals surface area contributed by atoms with E-state index in [0.717, 1.165) is 0 Å². The molecule has 1 rings (SSSR count). The average Bonchev–Trinajstić information content (AvgIpc) is 2.48. The molecule has 0 saturated carbocycles. The maximum Gasteiger partial charge on any atom is 0.303 e. The lowest BCUT2D eigenvalue weighted by Crippen LogP contribution is -1.99. The van der Waals surface area contributed by atoms with Gasteiger partial charge in [-0.1, -0.05) is 28.0 Å². The van der Waals surface area contributed by atoms with Gasteiger partial charge in [0.05, 0.1) is 0 Å². The summed E-state index contributed by atoms with van der Waals surface area (Å²) < 4.78 is 68.7. The minimum absolute atomic E-state index is 0.413. The molecule has 1 saturated heterocycles. The van der Waals surface area contributed by atoms with Crippen molar-refractivity contribution in [2.75, 3.05) is 5.70 Å². The van der Waals surface area contributed by atoms with E-state index in [1.165, 1.54) is 0 Å². The van der Waals surface area contributed by atoms with Crippen molar-refractivity contribution in [1.82, 2.24) is 0 Å². The van der Waals surface area contributed by atoms with Crippen LogP contribution in [0.1, 0.15) is 44.3 Å². The third-order valence-electron chi connectivity index (χ3n) is 1.02. The second-order valence-corrected chi connectivity index (χ2v) is 3.83. The van der Waals surface area contributed by atoms with E-state index in [4.69, 9.17) is 17.4 Å². The first-order valence-electron chi connectivity index (χ1n) is 7.71. The molecule has 1 fully saturated rings. The van der Waals surface area contributed by atoms with Crippen molar-refractivity contribution in [3.05, 3.63) is 0 Å². The molecule has 0 aromatic heterocycles. The monoisotopic (exact) mass is 215 g/mol. The van der Waals surface area contributed by atoms with Gasteiger partial charge in [0, 0.05) is 29.6 Å². The quantitative estimate of drug-likeness (QED) is 0.716. The summed E-state index contributed by atoms with van der Waals surface area (Å²) in [5.74, 6) is -1.76. The Kier molecular flexibility index (Phi) is 1.62. The number of carboxylic acid groups (broad SMARTS) is 1. The van der Waals surface area contributed by atoms with Gasteiger partial charge in [0.25, 0.3) is 0 Å². The van der Waals surface area contributed by atoms with Crippen molar-refractivity contribution in [3.63, 3.8) is 0 Å². The number of carbonyl (C=O) groups is 1. The summed E-state index contributed by atoms with van der Waals surface area (Å²) in [6.07, 6.45) is -9.57. The van der Waals surface area contributed by atoms with Crippen LogP contribution in [-0.2, 0) is 4.79 Å². The number of aliphatic carboxylic acids is 1. The standard InChI is InChI=1S/C8H14O2S2/c9-8(10)4-2-1-3-7-5-6-11-12-7/h7H,1-6H2,(H,9,10)/i3D2,4D2,5D2,6D2,7D. The van der Waals surface area contributed by atoms with Crippen LogP contribution in [0.25, 0.3) is 0 Å². The largest absolute Gasteiger partial charge is 0.481 e. The molecular weight excluding hydrogens is 192 g/mol. The van der Waals surface area contributed by atoms with E-state index in [1.807, 2.05) is 0 Å². The van der Waals surface area contributed by atoms with E-state index in [2.05, 4.69) is 0 Å². The molecule has 0 aliphatic carbocycles. The van der Waals surface area contributed by atoms with Gasteiger partial charge in [-0.3, -0.25) is 4.79 Å². The zero-order valence-electron chi connectivity index (χ0n) is 15.1. The molecule has 0 aromatic rings. The maximum atomic E-state index is 10.7. The molecule has 70 valence electrons. The van der Waals surface area contributed by atoms with Crippen LogP contribution in [0.3, 0.4) is 0 Å². The molecule has 0 spiro atoms. The molecule has 1 heterocycles. The third kappa shape index (κ3) is 4.26.